The molecule has 5 rings (SSSR count). The first kappa shape index (κ1) is 28.4. The van der Waals surface area contributed by atoms with Crippen LogP contribution in [0.4, 0.5) is 5.69 Å². The van der Waals surface area contributed by atoms with Gasteiger partial charge in [0, 0.05) is 36.2 Å². The lowest BCUT2D eigenvalue weighted by Crippen LogP contribution is -2.18. The molecule has 0 aliphatic rings. The van der Waals surface area contributed by atoms with Crippen LogP contribution in [0.1, 0.15) is 33.3 Å². The molecule has 0 bridgehead atoms. The number of halogens is 1. The molecule has 0 fully saturated rings. The van der Waals surface area contributed by atoms with Crippen LogP contribution in [0.15, 0.2) is 96.1 Å². The molecule has 9 heteroatoms. The van der Waals surface area contributed by atoms with Crippen molar-refractivity contribution in [2.75, 3.05) is 25.6 Å². The Morgan fingerprint density at radius 1 is 0.952 bits per heavy atom. The predicted molar refractivity (Wildman–Crippen MR) is 167 cm³/mol. The van der Waals surface area contributed by atoms with Gasteiger partial charge in [0.1, 0.15) is 5.69 Å². The molecule has 0 aliphatic heterocycles. The van der Waals surface area contributed by atoms with Crippen molar-refractivity contribution in [1.29, 1.82) is 0 Å². The van der Waals surface area contributed by atoms with Gasteiger partial charge in [-0.25, -0.2) is 10.2 Å². The molecule has 0 saturated heterocycles. The number of carbonyl (C=O) groups is 2. The van der Waals surface area contributed by atoms with Gasteiger partial charge in [-0.3, -0.25) is 4.79 Å². The van der Waals surface area contributed by atoms with E-state index in [9.17, 15) is 9.59 Å². The van der Waals surface area contributed by atoms with Gasteiger partial charge in [-0.15, -0.1) is 0 Å². The summed E-state index contributed by atoms with van der Waals surface area (Å²) in [6.45, 7) is 2.18. The van der Waals surface area contributed by atoms with Crippen LogP contribution in [0.3, 0.4) is 0 Å². The number of fused-ring (bicyclic) bond motifs is 1. The number of nitrogens with zero attached hydrogens (tertiary/aromatic N) is 2. The summed E-state index contributed by atoms with van der Waals surface area (Å²) in [6, 6.07) is 27.4. The molecule has 0 aliphatic carbocycles. The van der Waals surface area contributed by atoms with Crippen LogP contribution in [-0.4, -0.2) is 43.8 Å². The Balaban J connectivity index is 1.38. The van der Waals surface area contributed by atoms with E-state index in [2.05, 4.69) is 21.6 Å². The number of aromatic nitrogens is 1. The van der Waals surface area contributed by atoms with Gasteiger partial charge in [0.25, 0.3) is 5.91 Å². The number of carbonyl (C=O) groups excluding carboxylic acids is 2. The van der Waals surface area contributed by atoms with E-state index >= 15 is 0 Å². The number of ether oxygens (including phenoxy) is 2. The molecule has 4 aromatic carbocycles. The Morgan fingerprint density at radius 3 is 2.45 bits per heavy atom. The summed E-state index contributed by atoms with van der Waals surface area (Å²) in [6.07, 6.45) is 1.50. The molecule has 1 aromatic heterocycles. The average Bonchev–Trinajstić information content (AvgIpc) is 3.38. The second-order valence-electron chi connectivity index (χ2n) is 9.57. The lowest BCUT2D eigenvalue weighted by atomic mass is 10.0. The van der Waals surface area contributed by atoms with Gasteiger partial charge < -0.3 is 19.4 Å². The van der Waals surface area contributed by atoms with Crippen molar-refractivity contribution >= 4 is 46.3 Å². The molecule has 212 valence electrons. The van der Waals surface area contributed by atoms with Crippen molar-refractivity contribution in [3.05, 3.63) is 113 Å². The fourth-order valence-electron chi connectivity index (χ4n) is 4.49. The van der Waals surface area contributed by atoms with Crippen molar-refractivity contribution in [3.63, 3.8) is 0 Å². The summed E-state index contributed by atoms with van der Waals surface area (Å²) in [4.78, 5) is 31.3. The number of H-pyrrole nitrogens is 1. The van der Waals surface area contributed by atoms with E-state index in [1.54, 1.807) is 42.5 Å². The molecule has 2 N–H and O–H groups in total. The van der Waals surface area contributed by atoms with Crippen LogP contribution in [0.25, 0.3) is 22.0 Å². The maximum Gasteiger partial charge on any atom is 0.345 e. The number of rotatable bonds is 9. The first-order chi connectivity index (χ1) is 20.4. The third kappa shape index (κ3) is 6.14. The van der Waals surface area contributed by atoms with Crippen LogP contribution < -0.4 is 19.8 Å². The molecule has 0 spiro atoms. The van der Waals surface area contributed by atoms with Crippen LogP contribution >= 0.6 is 11.6 Å². The topological polar surface area (TPSA) is 96.0 Å². The number of aromatic amines is 1. The van der Waals surface area contributed by atoms with Gasteiger partial charge in [0.15, 0.2) is 11.5 Å². The van der Waals surface area contributed by atoms with Crippen molar-refractivity contribution in [2.24, 2.45) is 5.10 Å². The highest BCUT2D eigenvalue weighted by Crippen LogP contribution is 2.35. The molecule has 0 saturated carbocycles. The molecule has 0 radical (unpaired) electrons. The maximum atomic E-state index is 13.4. The number of benzene rings is 4. The number of amides is 1. The van der Waals surface area contributed by atoms with Gasteiger partial charge >= 0.3 is 5.97 Å². The zero-order valence-corrected chi connectivity index (χ0v) is 24.1. The van der Waals surface area contributed by atoms with Gasteiger partial charge in [-0.1, -0.05) is 54.1 Å². The largest absolute Gasteiger partial charge is 0.490 e. The number of esters is 1. The van der Waals surface area contributed by atoms with Crippen molar-refractivity contribution < 1.29 is 19.1 Å². The van der Waals surface area contributed by atoms with Gasteiger partial charge in [0.2, 0.25) is 0 Å². The smallest absolute Gasteiger partial charge is 0.345 e. The molecule has 1 amide bonds. The van der Waals surface area contributed by atoms with Crippen LogP contribution in [0.5, 0.6) is 11.5 Å². The van der Waals surface area contributed by atoms with Crippen LogP contribution in [-0.2, 0) is 0 Å². The summed E-state index contributed by atoms with van der Waals surface area (Å²) in [5, 5.41) is 5.42. The SMILES string of the molecule is CCOc1cc(C=NNC(=O)c2[nH]c3ccc(N(C)C)cc3c2-c2ccccc2)ccc1OC(=O)c1ccccc1Cl. The standard InChI is InChI=1S/C33H29ClN4O4/c1-4-41-29-18-21(14-17-28(29)42-33(40)24-12-8-9-13-26(24)34)20-35-37-32(39)31-30(22-10-6-5-7-11-22)25-19-23(38(2)3)15-16-27(25)36-31/h5-20,36H,4H2,1-3H3,(H,37,39). The second kappa shape index (κ2) is 12.6. The summed E-state index contributed by atoms with van der Waals surface area (Å²) in [5.74, 6) is -0.388. The lowest BCUT2D eigenvalue weighted by Gasteiger charge is -2.12. The second-order valence-corrected chi connectivity index (χ2v) is 9.98. The number of hydrogen-bond donors (Lipinski definition) is 2. The van der Waals surface area contributed by atoms with Crippen molar-refractivity contribution in [1.82, 2.24) is 10.4 Å². The lowest BCUT2D eigenvalue weighted by molar-refractivity contribution is 0.0728. The molecule has 0 unspecified atom stereocenters. The average molecular weight is 581 g/mol. The summed E-state index contributed by atoms with van der Waals surface area (Å²) >= 11 is 6.14. The van der Waals surface area contributed by atoms with E-state index in [4.69, 9.17) is 21.1 Å². The zero-order chi connectivity index (χ0) is 29.6. The fourth-order valence-corrected chi connectivity index (χ4v) is 4.71. The molecular formula is C33H29ClN4O4. The van der Waals surface area contributed by atoms with Crippen molar-refractivity contribution in [2.45, 2.75) is 6.92 Å². The monoisotopic (exact) mass is 580 g/mol. The summed E-state index contributed by atoms with van der Waals surface area (Å²) in [7, 11) is 3.95. The van der Waals surface area contributed by atoms with Gasteiger partial charge in [0.05, 0.1) is 23.4 Å². The van der Waals surface area contributed by atoms with E-state index in [1.807, 2.05) is 68.4 Å². The van der Waals surface area contributed by atoms with E-state index in [1.165, 1.54) is 6.21 Å². The summed E-state index contributed by atoms with van der Waals surface area (Å²) in [5.41, 5.74) is 7.49. The van der Waals surface area contributed by atoms with E-state index in [-0.39, 0.29) is 17.2 Å². The Morgan fingerprint density at radius 2 is 1.71 bits per heavy atom. The Kier molecular flexibility index (Phi) is 8.55. The molecule has 8 nitrogen and oxygen atoms in total. The number of hydrogen-bond acceptors (Lipinski definition) is 6. The molecule has 42 heavy (non-hydrogen) atoms. The Bertz CT molecular complexity index is 1780. The van der Waals surface area contributed by atoms with E-state index in [0.717, 1.165) is 27.7 Å². The maximum absolute atomic E-state index is 13.4. The van der Waals surface area contributed by atoms with E-state index < -0.39 is 5.97 Å². The minimum Gasteiger partial charge on any atom is -0.490 e. The molecule has 5 aromatic rings. The minimum absolute atomic E-state index is 0.241. The quantitative estimate of drug-likeness (QED) is 0.0852. The number of hydrazone groups is 1. The van der Waals surface area contributed by atoms with Crippen LogP contribution in [0, 0.1) is 0 Å². The Hall–Kier alpha value is -5.08. The van der Waals surface area contributed by atoms with E-state index in [0.29, 0.717) is 28.6 Å². The van der Waals surface area contributed by atoms with Crippen molar-refractivity contribution in [3.8, 4) is 22.6 Å². The fraction of sp³-hybridized carbons (Fsp3) is 0.121. The first-order valence-electron chi connectivity index (χ1n) is 13.3. The minimum atomic E-state index is -0.597. The molecular weight excluding hydrogens is 552 g/mol. The third-order valence-corrected chi connectivity index (χ3v) is 6.86. The molecule has 0 atom stereocenters. The van der Waals surface area contributed by atoms with Crippen LogP contribution in [0.2, 0.25) is 5.02 Å². The third-order valence-electron chi connectivity index (χ3n) is 6.53. The highest BCUT2D eigenvalue weighted by molar-refractivity contribution is 6.33. The normalized spacial score (nSPS) is 11.0. The van der Waals surface area contributed by atoms with Gasteiger partial charge in [-0.05, 0) is 66.6 Å². The highest BCUT2D eigenvalue weighted by Gasteiger charge is 2.20. The number of anilines is 1. The molecule has 1 heterocycles. The Labute approximate surface area is 248 Å². The highest BCUT2D eigenvalue weighted by atomic mass is 35.5. The van der Waals surface area contributed by atoms with Gasteiger partial charge in [-0.2, -0.15) is 5.10 Å². The number of nitrogens with one attached hydrogen (secondary N) is 2. The summed E-state index contributed by atoms with van der Waals surface area (Å²) < 4.78 is 11.3. The zero-order valence-electron chi connectivity index (χ0n) is 23.4. The first-order valence-corrected chi connectivity index (χ1v) is 13.7. The predicted octanol–water partition coefficient (Wildman–Crippen LogP) is 6.94.